The van der Waals surface area contributed by atoms with Crippen molar-refractivity contribution >= 4 is 0 Å². The molecule has 0 aromatic rings. The van der Waals surface area contributed by atoms with Crippen molar-refractivity contribution in [3.05, 3.63) is 0 Å². The van der Waals surface area contributed by atoms with Gasteiger partial charge in [-0.2, -0.15) is 0 Å². The summed E-state index contributed by atoms with van der Waals surface area (Å²) in [5.74, 6) is 3.94. The molecule has 0 heterocycles. The van der Waals surface area contributed by atoms with E-state index in [1.807, 2.05) is 0 Å². The van der Waals surface area contributed by atoms with Crippen LogP contribution in [-0.2, 0) is 0 Å². The zero-order chi connectivity index (χ0) is 19.2. The van der Waals surface area contributed by atoms with E-state index >= 15 is 0 Å². The van der Waals surface area contributed by atoms with Gasteiger partial charge in [0.1, 0.15) is 0 Å². The van der Waals surface area contributed by atoms with Crippen LogP contribution in [0.25, 0.3) is 0 Å². The van der Waals surface area contributed by atoms with Gasteiger partial charge in [0.05, 0.1) is 0 Å². The molecule has 154 valence electrons. The highest BCUT2D eigenvalue weighted by Gasteiger charge is 2.68. The molecule has 0 aliphatic heterocycles. The van der Waals surface area contributed by atoms with Gasteiger partial charge in [-0.25, -0.2) is 0 Å². The van der Waals surface area contributed by atoms with Gasteiger partial charge in [-0.3, -0.25) is 0 Å². The molecule has 0 heteroatoms. The first-order valence-corrected chi connectivity index (χ1v) is 12.5. The largest absolute Gasteiger partial charge is 0.0654 e. The fourth-order valence-electron chi connectivity index (χ4n) is 6.34. The summed E-state index contributed by atoms with van der Waals surface area (Å²) in [6.07, 6.45) is 20.6. The van der Waals surface area contributed by atoms with Crippen molar-refractivity contribution < 1.29 is 0 Å². The maximum Gasteiger partial charge on any atom is -0.0260 e. The predicted octanol–water partition coefficient (Wildman–Crippen LogP) is 9.03. The summed E-state index contributed by atoms with van der Waals surface area (Å²) in [7, 11) is 0. The lowest BCUT2D eigenvalue weighted by Crippen LogP contribution is -2.29. The van der Waals surface area contributed by atoms with Crippen LogP contribution < -0.4 is 0 Å². The van der Waals surface area contributed by atoms with Crippen molar-refractivity contribution in [2.24, 2.45) is 34.5 Å². The van der Waals surface area contributed by atoms with Crippen LogP contribution in [0.4, 0.5) is 0 Å². The van der Waals surface area contributed by atoms with E-state index in [1.54, 1.807) is 19.3 Å². The van der Waals surface area contributed by atoms with Gasteiger partial charge in [-0.15, -0.1) is 0 Å². The summed E-state index contributed by atoms with van der Waals surface area (Å²) in [5, 5.41) is 0. The van der Waals surface area contributed by atoms with E-state index in [0.717, 1.165) is 29.1 Å². The molecule has 2 aliphatic rings. The van der Waals surface area contributed by atoms with Crippen LogP contribution in [0, 0.1) is 34.5 Å². The molecule has 0 N–H and O–H groups in total. The normalized spacial score (nSPS) is 24.5. The Balaban J connectivity index is 1.91. The van der Waals surface area contributed by atoms with Crippen molar-refractivity contribution in [1.82, 2.24) is 0 Å². The molecule has 0 radical (unpaired) electrons. The fourth-order valence-corrected chi connectivity index (χ4v) is 6.34. The molecule has 0 aromatic heterocycles. The molecule has 4 atom stereocenters. The Kier molecular flexibility index (Phi) is 8.55. The third kappa shape index (κ3) is 5.51. The highest BCUT2D eigenvalue weighted by Crippen LogP contribution is 2.77. The van der Waals surface area contributed by atoms with Gasteiger partial charge in [-0.1, -0.05) is 106 Å². The monoisotopic (exact) mass is 362 g/mol. The predicted molar refractivity (Wildman–Crippen MR) is 118 cm³/mol. The first-order chi connectivity index (χ1) is 12.5. The highest BCUT2D eigenvalue weighted by molar-refractivity contribution is 5.17. The highest BCUT2D eigenvalue weighted by atomic mass is 14.7. The smallest absolute Gasteiger partial charge is 0.0260 e. The maximum atomic E-state index is 2.60. The van der Waals surface area contributed by atoms with E-state index < -0.39 is 0 Å². The second-order valence-corrected chi connectivity index (χ2v) is 10.6. The van der Waals surface area contributed by atoms with Gasteiger partial charge < -0.3 is 0 Å². The van der Waals surface area contributed by atoms with E-state index in [1.165, 1.54) is 70.6 Å². The minimum atomic E-state index is 0.679. The summed E-state index contributed by atoms with van der Waals surface area (Å²) in [5.41, 5.74) is 1.54. The third-order valence-corrected chi connectivity index (χ3v) is 8.77. The van der Waals surface area contributed by atoms with Crippen LogP contribution >= 0.6 is 0 Å². The Morgan fingerprint density at radius 1 is 0.846 bits per heavy atom. The maximum absolute atomic E-state index is 2.60. The molecular weight excluding hydrogens is 312 g/mol. The molecule has 4 unspecified atom stereocenters. The molecule has 0 amide bonds. The summed E-state index contributed by atoms with van der Waals surface area (Å²) in [6.45, 7) is 14.8. The van der Waals surface area contributed by atoms with Gasteiger partial charge in [0.2, 0.25) is 0 Å². The number of rotatable bonds is 15. The lowest BCUT2D eigenvalue weighted by atomic mass is 9.66. The van der Waals surface area contributed by atoms with E-state index in [0.29, 0.717) is 5.41 Å². The Morgan fingerprint density at radius 2 is 1.54 bits per heavy atom. The SMILES string of the molecule is CCCCC(CC(CC)(CC)C1CC12CC2)C(C)CCCC(C)CCC. The van der Waals surface area contributed by atoms with Crippen molar-refractivity contribution in [2.45, 2.75) is 131 Å². The molecule has 0 saturated heterocycles. The van der Waals surface area contributed by atoms with Crippen LogP contribution in [0.5, 0.6) is 0 Å². The van der Waals surface area contributed by atoms with Crippen LogP contribution in [0.15, 0.2) is 0 Å². The molecule has 2 rings (SSSR count). The second kappa shape index (κ2) is 9.97. The standard InChI is InChI=1S/C26H50/c1-7-11-16-23(22(6)15-12-14-21(5)13-8-2)19-25(9-3,10-4)24-20-26(24)17-18-26/h21-24H,7-20H2,1-6H3. The topological polar surface area (TPSA) is 0 Å². The van der Waals surface area contributed by atoms with Crippen molar-refractivity contribution in [1.29, 1.82) is 0 Å². The number of unbranched alkanes of at least 4 members (excludes halogenated alkanes) is 1. The lowest BCUT2D eigenvalue weighted by Gasteiger charge is -2.39. The van der Waals surface area contributed by atoms with Crippen molar-refractivity contribution in [3.8, 4) is 0 Å². The molecule has 1 spiro atoms. The Hall–Kier alpha value is 0. The van der Waals surface area contributed by atoms with Gasteiger partial charge >= 0.3 is 0 Å². The summed E-state index contributed by atoms with van der Waals surface area (Å²) in [4.78, 5) is 0. The van der Waals surface area contributed by atoms with E-state index in [2.05, 4.69) is 41.5 Å². The summed E-state index contributed by atoms with van der Waals surface area (Å²) >= 11 is 0. The van der Waals surface area contributed by atoms with E-state index in [-0.39, 0.29) is 0 Å². The summed E-state index contributed by atoms with van der Waals surface area (Å²) < 4.78 is 0. The van der Waals surface area contributed by atoms with Crippen LogP contribution in [0.2, 0.25) is 0 Å². The van der Waals surface area contributed by atoms with Crippen molar-refractivity contribution in [2.75, 3.05) is 0 Å². The lowest BCUT2D eigenvalue weighted by molar-refractivity contribution is 0.114. The van der Waals surface area contributed by atoms with Crippen molar-refractivity contribution in [3.63, 3.8) is 0 Å². The molecule has 2 fully saturated rings. The van der Waals surface area contributed by atoms with Crippen LogP contribution in [0.3, 0.4) is 0 Å². The molecule has 0 bridgehead atoms. The van der Waals surface area contributed by atoms with Gasteiger partial charge in [0.25, 0.3) is 0 Å². The van der Waals surface area contributed by atoms with E-state index in [9.17, 15) is 0 Å². The molecular formula is C26H50. The fraction of sp³-hybridized carbons (Fsp3) is 1.00. The van der Waals surface area contributed by atoms with Gasteiger partial charge in [-0.05, 0) is 60.2 Å². The minimum absolute atomic E-state index is 0.679. The molecule has 0 aromatic carbocycles. The third-order valence-electron chi connectivity index (χ3n) is 8.77. The van der Waals surface area contributed by atoms with Gasteiger partial charge in [0, 0.05) is 0 Å². The second-order valence-electron chi connectivity index (χ2n) is 10.6. The number of hydrogen-bond donors (Lipinski definition) is 0. The summed E-state index contributed by atoms with van der Waals surface area (Å²) in [6, 6.07) is 0. The average Bonchev–Trinajstić information content (AvgIpc) is 3.55. The molecule has 2 saturated carbocycles. The number of hydrogen-bond acceptors (Lipinski definition) is 0. The first-order valence-electron chi connectivity index (χ1n) is 12.5. The van der Waals surface area contributed by atoms with Gasteiger partial charge in [0.15, 0.2) is 0 Å². The molecule has 26 heavy (non-hydrogen) atoms. The zero-order valence-corrected chi connectivity index (χ0v) is 19.2. The van der Waals surface area contributed by atoms with E-state index in [4.69, 9.17) is 0 Å². The Morgan fingerprint density at radius 3 is 2.04 bits per heavy atom. The quantitative estimate of drug-likeness (QED) is 0.272. The van der Waals surface area contributed by atoms with Crippen LogP contribution in [0.1, 0.15) is 131 Å². The Labute approximate surface area is 166 Å². The first kappa shape index (κ1) is 22.3. The average molecular weight is 363 g/mol. The molecule has 0 nitrogen and oxygen atoms in total. The van der Waals surface area contributed by atoms with Crippen LogP contribution in [-0.4, -0.2) is 0 Å². The minimum Gasteiger partial charge on any atom is -0.0654 e. The Bertz CT molecular complexity index is 387. The zero-order valence-electron chi connectivity index (χ0n) is 19.2. The molecule has 2 aliphatic carbocycles.